The van der Waals surface area contributed by atoms with Gasteiger partial charge in [0.2, 0.25) is 5.91 Å². The van der Waals surface area contributed by atoms with Crippen molar-refractivity contribution in [3.63, 3.8) is 0 Å². The van der Waals surface area contributed by atoms with Crippen molar-refractivity contribution in [3.05, 3.63) is 39.5 Å². The molecule has 2 N–H and O–H groups in total. The molecule has 0 radical (unpaired) electrons. The number of amides is 3. The van der Waals surface area contributed by atoms with Crippen LogP contribution in [-0.2, 0) is 14.3 Å². The van der Waals surface area contributed by atoms with Crippen LogP contribution in [0.4, 0.5) is 33.3 Å². The van der Waals surface area contributed by atoms with E-state index in [-0.39, 0.29) is 48.5 Å². The Morgan fingerprint density at radius 1 is 1.21 bits per heavy atom. The van der Waals surface area contributed by atoms with Crippen LogP contribution in [0.2, 0.25) is 4.34 Å². The molecule has 0 spiro atoms. The quantitative estimate of drug-likeness (QED) is 0.325. The van der Waals surface area contributed by atoms with Gasteiger partial charge in [-0.3, -0.25) is 19.3 Å². The Morgan fingerprint density at radius 2 is 1.98 bits per heavy atom. The molecule has 0 bridgehead atoms. The zero-order valence-corrected chi connectivity index (χ0v) is 23.7. The summed E-state index contributed by atoms with van der Waals surface area (Å²) in [5.41, 5.74) is -0.0409. The van der Waals surface area contributed by atoms with Gasteiger partial charge in [-0.2, -0.15) is 22.0 Å². The smallest absolute Gasteiger partial charge is 0.401 e. The molecule has 2 fully saturated rings. The van der Waals surface area contributed by atoms with E-state index in [1.807, 2.05) is 0 Å². The first-order valence-electron chi connectivity index (χ1n) is 13.0. The van der Waals surface area contributed by atoms with Crippen molar-refractivity contribution in [2.24, 2.45) is 5.92 Å². The lowest BCUT2D eigenvalue weighted by molar-refractivity contribution is -0.155. The molecule has 1 saturated carbocycles. The zero-order valence-electron chi connectivity index (χ0n) is 22.1. The van der Waals surface area contributed by atoms with E-state index in [1.165, 1.54) is 29.2 Å². The van der Waals surface area contributed by atoms with Crippen molar-refractivity contribution in [3.8, 4) is 5.75 Å². The fourth-order valence-corrected chi connectivity index (χ4v) is 5.60. The number of halogens is 6. The molecule has 1 saturated heterocycles. The van der Waals surface area contributed by atoms with Crippen molar-refractivity contribution in [1.29, 1.82) is 0 Å². The minimum Gasteiger partial charge on any atom is -0.433 e. The summed E-state index contributed by atoms with van der Waals surface area (Å²) in [6.45, 7) is -5.17. The molecular weight excluding hydrogens is 611 g/mol. The monoisotopic (exact) mass is 638 g/mol. The molecule has 230 valence electrons. The maximum atomic E-state index is 13.6. The molecule has 1 aromatic heterocycles. The summed E-state index contributed by atoms with van der Waals surface area (Å²) < 4.78 is 77.3. The highest BCUT2D eigenvalue weighted by atomic mass is 35.5. The Morgan fingerprint density at radius 3 is 2.57 bits per heavy atom. The van der Waals surface area contributed by atoms with E-state index in [0.29, 0.717) is 17.2 Å². The van der Waals surface area contributed by atoms with E-state index in [0.717, 1.165) is 28.7 Å². The number of rotatable bonds is 12. The van der Waals surface area contributed by atoms with Gasteiger partial charge in [-0.25, -0.2) is 0 Å². The highest BCUT2D eigenvalue weighted by Gasteiger charge is 2.39. The van der Waals surface area contributed by atoms with Crippen LogP contribution in [0.5, 0.6) is 5.75 Å². The molecule has 1 aliphatic carbocycles. The first kappa shape index (κ1) is 31.9. The summed E-state index contributed by atoms with van der Waals surface area (Å²) in [4.78, 5) is 40.8. The second-order valence-electron chi connectivity index (χ2n) is 9.82. The summed E-state index contributed by atoms with van der Waals surface area (Å²) in [6, 6.07) is 5.14. The predicted molar refractivity (Wildman–Crippen MR) is 145 cm³/mol. The lowest BCUT2D eigenvalue weighted by Crippen LogP contribution is -2.55. The number of hydrogen-bond acceptors (Lipinski definition) is 7. The van der Waals surface area contributed by atoms with Gasteiger partial charge >= 0.3 is 12.8 Å². The standard InChI is InChI=1S/C26H28ClF5N4O5S/c27-21-7-6-20(42-21)24(39)33-11-18(35(14-26(30,31)32)12-15-2-1-3-15)23(38)34-16-4-5-17(19(10-16)41-25(28)29)36-8-9-40-13-22(36)37/h4-7,10,15,18,25H,1-3,8-9,11-14H2,(H,33,39)(H,34,38)/t18-/m1/s1. The molecule has 2 aromatic rings. The number of anilines is 2. The summed E-state index contributed by atoms with van der Waals surface area (Å²) in [5, 5.41) is 4.98. The topological polar surface area (TPSA) is 100 Å². The number of morpholine rings is 1. The summed E-state index contributed by atoms with van der Waals surface area (Å²) >= 11 is 6.85. The summed E-state index contributed by atoms with van der Waals surface area (Å²) in [6.07, 6.45) is -2.36. The second-order valence-corrected chi connectivity index (χ2v) is 11.5. The molecular formula is C26H28ClF5N4O5S. The molecule has 1 atom stereocenters. The van der Waals surface area contributed by atoms with E-state index >= 15 is 0 Å². The van der Waals surface area contributed by atoms with Crippen molar-refractivity contribution in [2.75, 3.05) is 49.6 Å². The number of hydrogen-bond donors (Lipinski definition) is 2. The van der Waals surface area contributed by atoms with Gasteiger partial charge in [-0.15, -0.1) is 11.3 Å². The number of carbonyl (C=O) groups is 3. The maximum absolute atomic E-state index is 13.6. The van der Waals surface area contributed by atoms with E-state index in [2.05, 4.69) is 15.4 Å². The molecule has 0 unspecified atom stereocenters. The van der Waals surface area contributed by atoms with E-state index in [4.69, 9.17) is 16.3 Å². The van der Waals surface area contributed by atoms with Crippen LogP contribution in [0.15, 0.2) is 30.3 Å². The average Bonchev–Trinajstić information content (AvgIpc) is 3.32. The third-order valence-electron chi connectivity index (χ3n) is 6.82. The number of ether oxygens (including phenoxy) is 2. The van der Waals surface area contributed by atoms with E-state index in [9.17, 15) is 36.3 Å². The minimum atomic E-state index is -4.64. The molecule has 16 heteroatoms. The molecule has 3 amide bonds. The van der Waals surface area contributed by atoms with Crippen LogP contribution in [0, 0.1) is 5.92 Å². The molecule has 1 aliphatic heterocycles. The van der Waals surface area contributed by atoms with E-state index in [1.54, 1.807) is 0 Å². The lowest BCUT2D eigenvalue weighted by Gasteiger charge is -2.37. The largest absolute Gasteiger partial charge is 0.433 e. The molecule has 9 nitrogen and oxygen atoms in total. The van der Waals surface area contributed by atoms with Crippen molar-refractivity contribution in [1.82, 2.24) is 10.2 Å². The SMILES string of the molecule is O=C(NC[C@H](C(=O)Nc1ccc(N2CCOCC2=O)c(OC(F)F)c1)N(CC1CCC1)CC(F)(F)F)c1ccc(Cl)s1. The fourth-order valence-electron chi connectivity index (χ4n) is 4.64. The Balaban J connectivity index is 1.58. The zero-order chi connectivity index (χ0) is 30.4. The predicted octanol–water partition coefficient (Wildman–Crippen LogP) is 4.77. The maximum Gasteiger partial charge on any atom is 0.401 e. The first-order valence-corrected chi connectivity index (χ1v) is 14.2. The number of nitrogens with zero attached hydrogens (tertiary/aromatic N) is 2. The van der Waals surface area contributed by atoms with Gasteiger partial charge in [0.25, 0.3) is 11.8 Å². The first-order chi connectivity index (χ1) is 19.9. The Bertz CT molecular complexity index is 1280. The highest BCUT2D eigenvalue weighted by Crippen LogP contribution is 2.34. The number of nitrogens with one attached hydrogen (secondary N) is 2. The molecule has 42 heavy (non-hydrogen) atoms. The molecule has 2 aliphatic rings. The third-order valence-corrected chi connectivity index (χ3v) is 8.05. The number of benzene rings is 1. The molecule has 1 aromatic carbocycles. The van der Waals surface area contributed by atoms with Crippen molar-refractivity contribution >= 4 is 52.0 Å². The fraction of sp³-hybridized carbons (Fsp3) is 0.500. The second kappa shape index (κ2) is 14.0. The van der Waals surface area contributed by atoms with Crippen LogP contribution in [0.1, 0.15) is 28.9 Å². The van der Waals surface area contributed by atoms with Crippen LogP contribution >= 0.6 is 22.9 Å². The highest BCUT2D eigenvalue weighted by molar-refractivity contribution is 7.18. The number of alkyl halides is 5. The Kier molecular flexibility index (Phi) is 10.6. The molecule has 4 rings (SSSR count). The van der Waals surface area contributed by atoms with Crippen LogP contribution in [-0.4, -0.2) is 80.8 Å². The van der Waals surface area contributed by atoms with Gasteiger partial charge in [-0.1, -0.05) is 18.0 Å². The van der Waals surface area contributed by atoms with Gasteiger partial charge in [-0.05, 0) is 43.0 Å². The van der Waals surface area contributed by atoms with Crippen LogP contribution < -0.4 is 20.3 Å². The minimum absolute atomic E-state index is 0.0173. The normalized spacial score (nSPS) is 16.9. The van der Waals surface area contributed by atoms with Gasteiger partial charge in [0.1, 0.15) is 12.6 Å². The van der Waals surface area contributed by atoms with Gasteiger partial charge in [0.05, 0.1) is 28.1 Å². The van der Waals surface area contributed by atoms with Gasteiger partial charge in [0, 0.05) is 31.4 Å². The Labute approximate surface area is 246 Å². The average molecular weight is 639 g/mol. The van der Waals surface area contributed by atoms with Crippen molar-refractivity contribution < 1.29 is 45.8 Å². The third kappa shape index (κ3) is 8.75. The van der Waals surface area contributed by atoms with Crippen LogP contribution in [0.3, 0.4) is 0 Å². The summed E-state index contributed by atoms with van der Waals surface area (Å²) in [5.74, 6) is -2.47. The number of carbonyl (C=O) groups excluding carboxylic acids is 3. The number of thiophene rings is 1. The van der Waals surface area contributed by atoms with E-state index < -0.39 is 55.4 Å². The Hall–Kier alpha value is -3.01. The lowest BCUT2D eigenvalue weighted by atomic mass is 9.84. The van der Waals surface area contributed by atoms with Gasteiger partial charge in [0.15, 0.2) is 5.75 Å². The summed E-state index contributed by atoms with van der Waals surface area (Å²) in [7, 11) is 0. The van der Waals surface area contributed by atoms with Crippen molar-refractivity contribution in [2.45, 2.75) is 38.1 Å². The van der Waals surface area contributed by atoms with Gasteiger partial charge < -0.3 is 25.0 Å². The van der Waals surface area contributed by atoms with Crippen LogP contribution in [0.25, 0.3) is 0 Å². The molecule has 2 heterocycles.